The van der Waals surface area contributed by atoms with Crippen LogP contribution in [0.1, 0.15) is 18.2 Å². The lowest BCUT2D eigenvalue weighted by molar-refractivity contribution is 0.985. The van der Waals surface area contributed by atoms with Crippen molar-refractivity contribution in [2.75, 3.05) is 5.32 Å². The van der Waals surface area contributed by atoms with Crippen molar-refractivity contribution in [1.29, 1.82) is 0 Å². The van der Waals surface area contributed by atoms with E-state index in [0.717, 1.165) is 17.8 Å². The molecular weight excluding hydrogens is 236 g/mol. The molecule has 0 radical (unpaired) electrons. The lowest BCUT2D eigenvalue weighted by atomic mass is 10.1. The second-order valence-corrected chi connectivity index (χ2v) is 4.20. The molecule has 1 heterocycles. The molecule has 0 aliphatic heterocycles. The molecule has 2 aromatic rings. The van der Waals surface area contributed by atoms with Crippen LogP contribution in [0.15, 0.2) is 53.7 Å². The second-order valence-electron chi connectivity index (χ2n) is 4.20. The molecular formula is C15H18N4. The average molecular weight is 254 g/mol. The van der Waals surface area contributed by atoms with Crippen LogP contribution < -0.4 is 11.1 Å². The summed E-state index contributed by atoms with van der Waals surface area (Å²) in [5.74, 6) is 0.402. The largest absolute Gasteiger partial charge is 0.370 e. The van der Waals surface area contributed by atoms with Crippen LogP contribution in [-0.4, -0.2) is 10.9 Å². The van der Waals surface area contributed by atoms with Gasteiger partial charge in [0.25, 0.3) is 0 Å². The van der Waals surface area contributed by atoms with Gasteiger partial charge < -0.3 is 11.1 Å². The fourth-order valence-electron chi connectivity index (χ4n) is 1.71. The van der Waals surface area contributed by atoms with Gasteiger partial charge in [-0.2, -0.15) is 0 Å². The van der Waals surface area contributed by atoms with Crippen molar-refractivity contribution in [3.05, 3.63) is 59.9 Å². The molecule has 0 atom stereocenters. The zero-order valence-corrected chi connectivity index (χ0v) is 11.0. The molecule has 0 saturated heterocycles. The van der Waals surface area contributed by atoms with Crippen LogP contribution in [0, 0.1) is 0 Å². The van der Waals surface area contributed by atoms with Crippen LogP contribution in [0.5, 0.6) is 0 Å². The van der Waals surface area contributed by atoms with E-state index in [-0.39, 0.29) is 0 Å². The standard InChI is InChI=1S/C15H18N4/c1-2-12-6-5-8-13(10-12)19-15(16)18-11-14-7-3-4-9-17-14/h3-10H,2,11H2,1H3,(H3,16,18,19). The summed E-state index contributed by atoms with van der Waals surface area (Å²) in [6.45, 7) is 2.60. The van der Waals surface area contributed by atoms with Gasteiger partial charge in [0.2, 0.25) is 0 Å². The molecule has 1 aromatic heterocycles. The first-order chi connectivity index (χ1) is 9.28. The number of pyridine rings is 1. The summed E-state index contributed by atoms with van der Waals surface area (Å²) in [7, 11) is 0. The van der Waals surface area contributed by atoms with Crippen molar-refractivity contribution in [3.63, 3.8) is 0 Å². The number of benzene rings is 1. The van der Waals surface area contributed by atoms with Crippen LogP contribution in [0.3, 0.4) is 0 Å². The Kier molecular flexibility index (Phi) is 4.50. The van der Waals surface area contributed by atoms with Crippen molar-refractivity contribution in [2.24, 2.45) is 10.7 Å². The Bertz CT molecular complexity index is 549. The van der Waals surface area contributed by atoms with E-state index < -0.39 is 0 Å². The predicted octanol–water partition coefficient (Wildman–Crippen LogP) is 2.57. The van der Waals surface area contributed by atoms with Gasteiger partial charge in [-0.15, -0.1) is 0 Å². The van der Waals surface area contributed by atoms with Gasteiger partial charge in [-0.1, -0.05) is 25.1 Å². The molecule has 19 heavy (non-hydrogen) atoms. The lowest BCUT2D eigenvalue weighted by Gasteiger charge is -2.07. The third kappa shape index (κ3) is 4.10. The van der Waals surface area contributed by atoms with Crippen LogP contribution >= 0.6 is 0 Å². The van der Waals surface area contributed by atoms with Gasteiger partial charge in [0.05, 0.1) is 12.2 Å². The highest BCUT2D eigenvalue weighted by atomic mass is 15.1. The number of aliphatic imine (C=N–C) groups is 1. The van der Waals surface area contributed by atoms with Crippen molar-refractivity contribution >= 4 is 11.6 Å². The normalized spacial score (nSPS) is 11.3. The number of nitrogens with one attached hydrogen (secondary N) is 1. The highest BCUT2D eigenvalue weighted by Gasteiger charge is 1.97. The Morgan fingerprint density at radius 3 is 2.89 bits per heavy atom. The van der Waals surface area contributed by atoms with E-state index in [0.29, 0.717) is 12.5 Å². The Labute approximate surface area is 113 Å². The molecule has 0 aliphatic carbocycles. The fourth-order valence-corrected chi connectivity index (χ4v) is 1.71. The molecule has 4 heteroatoms. The summed E-state index contributed by atoms with van der Waals surface area (Å²) in [5.41, 5.74) is 8.98. The van der Waals surface area contributed by atoms with E-state index in [2.05, 4.69) is 34.3 Å². The number of nitrogens with two attached hydrogens (primary N) is 1. The van der Waals surface area contributed by atoms with Crippen LogP contribution in [-0.2, 0) is 13.0 Å². The Morgan fingerprint density at radius 2 is 2.16 bits per heavy atom. The molecule has 3 N–H and O–H groups in total. The Balaban J connectivity index is 1.98. The molecule has 4 nitrogen and oxygen atoms in total. The third-order valence-corrected chi connectivity index (χ3v) is 2.75. The van der Waals surface area contributed by atoms with Gasteiger partial charge in [-0.05, 0) is 36.2 Å². The van der Waals surface area contributed by atoms with Crippen LogP contribution in [0.2, 0.25) is 0 Å². The molecule has 0 saturated carbocycles. The average Bonchev–Trinajstić information content (AvgIpc) is 2.46. The quantitative estimate of drug-likeness (QED) is 0.651. The molecule has 98 valence electrons. The SMILES string of the molecule is CCc1cccc(NC(N)=NCc2ccccn2)c1. The van der Waals surface area contributed by atoms with Crippen LogP contribution in [0.25, 0.3) is 0 Å². The number of hydrogen-bond donors (Lipinski definition) is 2. The number of guanidine groups is 1. The van der Waals surface area contributed by atoms with Gasteiger partial charge >= 0.3 is 0 Å². The maximum absolute atomic E-state index is 5.86. The van der Waals surface area contributed by atoms with Crippen molar-refractivity contribution in [2.45, 2.75) is 19.9 Å². The van der Waals surface area contributed by atoms with Crippen molar-refractivity contribution < 1.29 is 0 Å². The Hall–Kier alpha value is -2.36. The molecule has 2 rings (SSSR count). The molecule has 1 aromatic carbocycles. The monoisotopic (exact) mass is 254 g/mol. The second kappa shape index (κ2) is 6.54. The summed E-state index contributed by atoms with van der Waals surface area (Å²) >= 11 is 0. The summed E-state index contributed by atoms with van der Waals surface area (Å²) in [6.07, 6.45) is 2.75. The zero-order chi connectivity index (χ0) is 13.5. The molecule has 0 amide bonds. The van der Waals surface area contributed by atoms with Crippen molar-refractivity contribution in [1.82, 2.24) is 4.98 Å². The molecule has 0 spiro atoms. The van der Waals surface area contributed by atoms with E-state index in [1.54, 1.807) is 6.20 Å². The third-order valence-electron chi connectivity index (χ3n) is 2.75. The van der Waals surface area contributed by atoms with Gasteiger partial charge in [0.1, 0.15) is 0 Å². The predicted molar refractivity (Wildman–Crippen MR) is 79.0 cm³/mol. The van der Waals surface area contributed by atoms with E-state index in [9.17, 15) is 0 Å². The van der Waals surface area contributed by atoms with Gasteiger partial charge in [-0.25, -0.2) is 4.99 Å². The maximum Gasteiger partial charge on any atom is 0.193 e. The highest BCUT2D eigenvalue weighted by Crippen LogP contribution is 2.10. The number of aromatic nitrogens is 1. The van der Waals surface area contributed by atoms with E-state index in [4.69, 9.17) is 5.73 Å². The lowest BCUT2D eigenvalue weighted by Crippen LogP contribution is -2.22. The number of nitrogens with zero attached hydrogens (tertiary/aromatic N) is 2. The molecule has 0 bridgehead atoms. The van der Waals surface area contributed by atoms with Crippen LogP contribution in [0.4, 0.5) is 5.69 Å². The number of rotatable bonds is 4. The molecule has 0 fully saturated rings. The first-order valence-corrected chi connectivity index (χ1v) is 6.33. The maximum atomic E-state index is 5.86. The van der Waals surface area contributed by atoms with Crippen molar-refractivity contribution in [3.8, 4) is 0 Å². The van der Waals surface area contributed by atoms with E-state index in [1.165, 1.54) is 5.56 Å². The summed E-state index contributed by atoms with van der Waals surface area (Å²) in [4.78, 5) is 8.46. The first-order valence-electron chi connectivity index (χ1n) is 6.33. The topological polar surface area (TPSA) is 63.3 Å². The van der Waals surface area contributed by atoms with E-state index in [1.807, 2.05) is 30.3 Å². The number of aryl methyl sites for hydroxylation is 1. The first kappa shape index (κ1) is 13.1. The fraction of sp³-hybridized carbons (Fsp3) is 0.200. The number of anilines is 1. The molecule has 0 aliphatic rings. The van der Waals surface area contributed by atoms with Gasteiger partial charge in [-0.3, -0.25) is 4.98 Å². The Morgan fingerprint density at radius 1 is 1.26 bits per heavy atom. The minimum Gasteiger partial charge on any atom is -0.370 e. The van der Waals surface area contributed by atoms with E-state index >= 15 is 0 Å². The molecule has 0 unspecified atom stereocenters. The smallest absolute Gasteiger partial charge is 0.193 e. The number of hydrogen-bond acceptors (Lipinski definition) is 2. The van der Waals surface area contributed by atoms with Gasteiger partial charge in [0, 0.05) is 11.9 Å². The summed E-state index contributed by atoms with van der Waals surface area (Å²) < 4.78 is 0. The minimum absolute atomic E-state index is 0.402. The summed E-state index contributed by atoms with van der Waals surface area (Å²) in [5, 5.41) is 3.09. The summed E-state index contributed by atoms with van der Waals surface area (Å²) in [6, 6.07) is 13.9. The minimum atomic E-state index is 0.402. The zero-order valence-electron chi connectivity index (χ0n) is 11.0. The van der Waals surface area contributed by atoms with Gasteiger partial charge in [0.15, 0.2) is 5.96 Å². The highest BCUT2D eigenvalue weighted by molar-refractivity contribution is 5.92.